The van der Waals surface area contributed by atoms with E-state index in [1.807, 2.05) is 27.7 Å². The van der Waals surface area contributed by atoms with Gasteiger partial charge in [-0.05, 0) is 50.2 Å². The van der Waals surface area contributed by atoms with Crippen molar-refractivity contribution in [2.75, 3.05) is 5.32 Å². The second-order valence-corrected chi connectivity index (χ2v) is 10.7. The molecule has 212 valence electrons. The molecule has 0 saturated carbocycles. The highest BCUT2D eigenvalue weighted by Crippen LogP contribution is 2.34. The normalized spacial score (nSPS) is 11.6. The van der Waals surface area contributed by atoms with E-state index in [4.69, 9.17) is 19.4 Å². The molecule has 0 fully saturated rings. The van der Waals surface area contributed by atoms with Crippen LogP contribution in [0, 0.1) is 0 Å². The smallest absolute Gasteiger partial charge is 0.490 e. The molecule has 1 aromatic heterocycles. The van der Waals surface area contributed by atoms with Crippen LogP contribution in [0.5, 0.6) is 17.2 Å². The molecule has 0 saturated heterocycles. The number of carboxylic acids is 1. The first kappa shape index (κ1) is 31.7. The van der Waals surface area contributed by atoms with E-state index >= 15 is 0 Å². The Hall–Kier alpha value is -3.52. The lowest BCUT2D eigenvalue weighted by Crippen LogP contribution is -2.21. The summed E-state index contributed by atoms with van der Waals surface area (Å²) in [5.41, 5.74) is 0.297. The third-order valence-corrected chi connectivity index (χ3v) is 5.96. The maximum atomic E-state index is 12.8. The van der Waals surface area contributed by atoms with Crippen LogP contribution in [0.2, 0.25) is 0 Å². The highest BCUT2D eigenvalue weighted by molar-refractivity contribution is 7.60. The molecule has 2 aromatic carbocycles. The van der Waals surface area contributed by atoms with E-state index in [0.717, 1.165) is 11.5 Å². The molecule has 0 aliphatic heterocycles. The van der Waals surface area contributed by atoms with Gasteiger partial charge in [0.15, 0.2) is 0 Å². The van der Waals surface area contributed by atoms with E-state index in [1.54, 1.807) is 18.2 Å². The van der Waals surface area contributed by atoms with Gasteiger partial charge in [0.25, 0.3) is 5.91 Å². The molecule has 11 nitrogen and oxygen atoms in total. The van der Waals surface area contributed by atoms with Crippen LogP contribution in [0.1, 0.15) is 49.8 Å². The number of nitrogens with zero attached hydrogens (tertiary/aromatic N) is 2. The standard InChI is InChI=1S/C21H24N3O6PS.C2HF3O2/c1-12(2)19-22-21(32-24-19)23-20(25)14-9-16(29-13(3)4)11-17(10-14)30-15-5-7-18(8-6-15)31(26,27)28;3-2(4,5)1(6)7/h5-13H,1-4H3,(H2,26,27,28)(H,22,23,24,25);(H,6,7). The summed E-state index contributed by atoms with van der Waals surface area (Å²) < 4.78 is 58.9. The molecular formula is C23H25F3N3O8PS. The molecule has 0 spiro atoms. The van der Waals surface area contributed by atoms with Gasteiger partial charge in [-0.1, -0.05) is 13.8 Å². The van der Waals surface area contributed by atoms with Crippen molar-refractivity contribution in [1.29, 1.82) is 0 Å². The number of amides is 1. The van der Waals surface area contributed by atoms with Crippen molar-refractivity contribution < 1.29 is 51.7 Å². The number of alkyl halides is 3. The fourth-order valence-corrected chi connectivity index (χ4v) is 3.88. The average molecular weight is 592 g/mol. The predicted molar refractivity (Wildman–Crippen MR) is 136 cm³/mol. The van der Waals surface area contributed by atoms with Crippen molar-refractivity contribution in [3.05, 3.63) is 53.9 Å². The maximum absolute atomic E-state index is 12.8. The Morgan fingerprint density at radius 1 is 1.00 bits per heavy atom. The van der Waals surface area contributed by atoms with Gasteiger partial charge in [0.1, 0.15) is 23.1 Å². The fraction of sp³-hybridized carbons (Fsp3) is 0.304. The average Bonchev–Trinajstić information content (AvgIpc) is 3.27. The van der Waals surface area contributed by atoms with Gasteiger partial charge in [-0.25, -0.2) is 9.78 Å². The number of rotatable bonds is 8. The SMILES string of the molecule is CC(C)Oc1cc(Oc2ccc(P(=O)(O)O)cc2)cc(C(=O)Nc2nc(C(C)C)ns2)c1.O=C(O)C(F)(F)F. The molecule has 1 amide bonds. The number of halogens is 3. The van der Waals surface area contributed by atoms with Gasteiger partial charge in [-0.3, -0.25) is 14.7 Å². The first-order valence-corrected chi connectivity index (χ1v) is 13.4. The van der Waals surface area contributed by atoms with Crippen LogP contribution in [0.25, 0.3) is 0 Å². The van der Waals surface area contributed by atoms with E-state index in [2.05, 4.69) is 14.7 Å². The van der Waals surface area contributed by atoms with Crippen LogP contribution in [0.3, 0.4) is 0 Å². The Morgan fingerprint density at radius 3 is 2.03 bits per heavy atom. The van der Waals surface area contributed by atoms with Crippen LogP contribution in [0.15, 0.2) is 42.5 Å². The molecule has 1 heterocycles. The number of hydrogen-bond acceptors (Lipinski definition) is 8. The largest absolute Gasteiger partial charge is 0.491 e. The summed E-state index contributed by atoms with van der Waals surface area (Å²) in [6.45, 7) is 7.67. The molecule has 0 atom stereocenters. The van der Waals surface area contributed by atoms with Crippen LogP contribution in [-0.4, -0.2) is 48.4 Å². The van der Waals surface area contributed by atoms with Crippen molar-refractivity contribution >= 4 is 41.4 Å². The van der Waals surface area contributed by atoms with Gasteiger partial charge in [0, 0.05) is 29.1 Å². The van der Waals surface area contributed by atoms with Crippen molar-refractivity contribution in [3.8, 4) is 17.2 Å². The van der Waals surface area contributed by atoms with Crippen molar-refractivity contribution in [3.63, 3.8) is 0 Å². The lowest BCUT2D eigenvalue weighted by molar-refractivity contribution is -0.192. The molecule has 16 heteroatoms. The number of carbonyl (C=O) groups is 2. The maximum Gasteiger partial charge on any atom is 0.490 e. The second-order valence-electron chi connectivity index (χ2n) is 8.37. The van der Waals surface area contributed by atoms with Gasteiger partial charge in [0.2, 0.25) is 5.13 Å². The highest BCUT2D eigenvalue weighted by atomic mass is 32.1. The molecule has 3 rings (SSSR count). The third-order valence-electron chi connectivity index (χ3n) is 4.34. The fourth-order valence-electron chi connectivity index (χ4n) is 2.64. The quantitative estimate of drug-likeness (QED) is 0.264. The number of benzene rings is 2. The number of ether oxygens (including phenoxy) is 2. The third kappa shape index (κ3) is 10.3. The summed E-state index contributed by atoms with van der Waals surface area (Å²) >= 11 is 1.11. The summed E-state index contributed by atoms with van der Waals surface area (Å²) in [7, 11) is -4.34. The summed E-state index contributed by atoms with van der Waals surface area (Å²) in [5.74, 6) is -1.23. The lowest BCUT2D eigenvalue weighted by atomic mass is 10.2. The molecule has 4 N–H and O–H groups in total. The number of carbonyl (C=O) groups excluding carboxylic acids is 1. The molecule has 0 aliphatic carbocycles. The Kier molecular flexibility index (Phi) is 10.6. The summed E-state index contributed by atoms with van der Waals surface area (Å²) in [5, 5.41) is 10.1. The van der Waals surface area contributed by atoms with Gasteiger partial charge < -0.3 is 24.4 Å². The minimum Gasteiger partial charge on any atom is -0.491 e. The number of carboxylic acid groups (broad SMARTS) is 1. The van der Waals surface area contributed by atoms with E-state index in [1.165, 1.54) is 24.3 Å². The molecule has 0 aliphatic rings. The van der Waals surface area contributed by atoms with Gasteiger partial charge in [-0.2, -0.15) is 17.5 Å². The molecule has 3 aromatic rings. The van der Waals surface area contributed by atoms with E-state index in [9.17, 15) is 32.3 Å². The Bertz CT molecular complexity index is 1340. The van der Waals surface area contributed by atoms with Gasteiger partial charge in [-0.15, -0.1) is 0 Å². The van der Waals surface area contributed by atoms with Crippen molar-refractivity contribution in [1.82, 2.24) is 9.36 Å². The molecule has 0 radical (unpaired) electrons. The Labute approximate surface area is 224 Å². The predicted octanol–water partition coefficient (Wildman–Crippen LogP) is 4.93. The van der Waals surface area contributed by atoms with Crippen LogP contribution >= 0.6 is 19.1 Å². The Morgan fingerprint density at radius 2 is 1.56 bits per heavy atom. The van der Waals surface area contributed by atoms with Crippen LogP contribution < -0.4 is 20.1 Å². The number of anilines is 1. The number of hydrogen-bond donors (Lipinski definition) is 4. The second kappa shape index (κ2) is 13.0. The minimum absolute atomic E-state index is 0.111. The van der Waals surface area contributed by atoms with Crippen molar-refractivity contribution in [2.24, 2.45) is 0 Å². The molecule has 0 bridgehead atoms. The number of aromatic nitrogens is 2. The highest BCUT2D eigenvalue weighted by Gasteiger charge is 2.38. The zero-order chi connectivity index (χ0) is 29.5. The zero-order valence-corrected chi connectivity index (χ0v) is 22.7. The van der Waals surface area contributed by atoms with E-state index in [0.29, 0.717) is 33.8 Å². The topological polar surface area (TPSA) is 168 Å². The van der Waals surface area contributed by atoms with Gasteiger partial charge in [0.05, 0.1) is 11.4 Å². The zero-order valence-electron chi connectivity index (χ0n) is 21.0. The molecule has 0 unspecified atom stereocenters. The Balaban J connectivity index is 0.000000673. The van der Waals surface area contributed by atoms with E-state index in [-0.39, 0.29) is 17.3 Å². The lowest BCUT2D eigenvalue weighted by Gasteiger charge is -2.14. The summed E-state index contributed by atoms with van der Waals surface area (Å²) in [4.78, 5) is 44.5. The minimum atomic E-state index is -5.08. The van der Waals surface area contributed by atoms with Crippen molar-refractivity contribution in [2.45, 2.75) is 45.9 Å². The van der Waals surface area contributed by atoms with Gasteiger partial charge >= 0.3 is 19.7 Å². The van der Waals surface area contributed by atoms with E-state index < -0.39 is 25.6 Å². The number of nitrogens with one attached hydrogen (secondary N) is 1. The first-order chi connectivity index (χ1) is 18.0. The monoisotopic (exact) mass is 591 g/mol. The van der Waals surface area contributed by atoms with Crippen LogP contribution in [-0.2, 0) is 9.36 Å². The van der Waals surface area contributed by atoms with Crippen LogP contribution in [0.4, 0.5) is 18.3 Å². The number of aliphatic carboxylic acids is 1. The first-order valence-electron chi connectivity index (χ1n) is 11.1. The summed E-state index contributed by atoms with van der Waals surface area (Å²) in [6.07, 6.45) is -5.21. The molecular weight excluding hydrogens is 566 g/mol. The molecule has 39 heavy (non-hydrogen) atoms. The summed E-state index contributed by atoms with van der Waals surface area (Å²) in [6, 6.07) is 10.3.